The van der Waals surface area contributed by atoms with Crippen molar-refractivity contribution in [2.75, 3.05) is 184 Å². The Hall–Kier alpha value is -0.550. The van der Waals surface area contributed by atoms with Crippen LogP contribution in [0.15, 0.2) is 0 Å². The summed E-state index contributed by atoms with van der Waals surface area (Å²) in [7, 11) is 0. The van der Waals surface area contributed by atoms with Gasteiger partial charge in [-0.1, -0.05) is 6.42 Å². The van der Waals surface area contributed by atoms with Crippen molar-refractivity contribution >= 4 is 31.4 Å². The zero-order valence-electron chi connectivity index (χ0n) is 31.3. The molecule has 0 aromatic heterocycles. The minimum absolute atomic E-state index is 0.0205. The first kappa shape index (κ1) is 51.5. The molecular formula is C34H69NO15S2. The highest BCUT2D eigenvalue weighted by Crippen LogP contribution is 2.11. The molecule has 18 heteroatoms. The number of rotatable bonds is 45. The van der Waals surface area contributed by atoms with Gasteiger partial charge in [-0.05, 0) is 25.0 Å². The molecule has 0 aliphatic carbocycles. The lowest BCUT2D eigenvalue weighted by molar-refractivity contribution is -0.0288. The van der Waals surface area contributed by atoms with E-state index in [9.17, 15) is 4.79 Å². The smallest absolute Gasteiger partial charge is 0.407 e. The summed E-state index contributed by atoms with van der Waals surface area (Å²) >= 11 is 8.70. The molecule has 0 aliphatic rings. The summed E-state index contributed by atoms with van der Waals surface area (Å²) in [5, 5.41) is 11.7. The molecule has 1 amide bonds. The monoisotopic (exact) mass is 795 g/mol. The van der Waals surface area contributed by atoms with Gasteiger partial charge in [0.25, 0.3) is 0 Å². The van der Waals surface area contributed by atoms with Crippen LogP contribution in [0.2, 0.25) is 0 Å². The van der Waals surface area contributed by atoms with Gasteiger partial charge in [-0.2, -0.15) is 25.3 Å². The molecule has 0 bridgehead atoms. The molecule has 0 saturated carbocycles. The summed E-state index contributed by atoms with van der Waals surface area (Å²) in [4.78, 5) is 11.6. The highest BCUT2D eigenvalue weighted by Gasteiger charge is 2.04. The number of nitrogens with one attached hydrogen (secondary N) is 1. The quantitative estimate of drug-likeness (QED) is 0.0519. The lowest BCUT2D eigenvalue weighted by Gasteiger charge is -2.10. The van der Waals surface area contributed by atoms with Crippen molar-refractivity contribution in [1.82, 2.24) is 5.32 Å². The summed E-state index contributed by atoms with van der Waals surface area (Å²) in [6, 6.07) is 0. The minimum atomic E-state index is -0.426. The molecule has 0 fully saturated rings. The topological polar surface area (TPSA) is 169 Å². The predicted molar refractivity (Wildman–Crippen MR) is 201 cm³/mol. The maximum atomic E-state index is 11.6. The van der Waals surface area contributed by atoms with E-state index >= 15 is 0 Å². The molecule has 0 saturated heterocycles. The van der Waals surface area contributed by atoms with Crippen LogP contribution in [0.4, 0.5) is 4.79 Å². The summed E-state index contributed by atoms with van der Waals surface area (Å²) in [6.07, 6.45) is 3.49. The minimum Gasteiger partial charge on any atom is -0.447 e. The van der Waals surface area contributed by atoms with Crippen LogP contribution in [-0.2, 0) is 61.6 Å². The first-order chi connectivity index (χ1) is 25.7. The van der Waals surface area contributed by atoms with E-state index in [1.807, 2.05) is 0 Å². The number of carbonyl (C=O) groups is 1. The van der Waals surface area contributed by atoms with E-state index in [-0.39, 0.29) is 13.2 Å². The number of hydrogen-bond acceptors (Lipinski definition) is 17. The van der Waals surface area contributed by atoms with Gasteiger partial charge in [-0.15, -0.1) is 0 Å². The van der Waals surface area contributed by atoms with Gasteiger partial charge >= 0.3 is 6.09 Å². The van der Waals surface area contributed by atoms with Gasteiger partial charge in [0.2, 0.25) is 0 Å². The van der Waals surface area contributed by atoms with Crippen LogP contribution < -0.4 is 5.32 Å². The average Bonchev–Trinajstić information content (AvgIpc) is 3.14. The lowest BCUT2D eigenvalue weighted by Crippen LogP contribution is -2.26. The standard InChI is InChI=1S/C34H69NO15S2/c36-6-7-38-8-9-39-10-11-40-12-13-41-14-15-42-16-17-43-18-19-44-20-21-45-22-23-46-24-25-47-26-27-48-28-29-49-30-31-50-34(37)35-5-2-1-3-33(52)4-32-51/h33,36,51-52H,1-32H2,(H,35,37). The van der Waals surface area contributed by atoms with Crippen molar-refractivity contribution in [3.8, 4) is 0 Å². The van der Waals surface area contributed by atoms with E-state index in [1.54, 1.807) is 0 Å². The van der Waals surface area contributed by atoms with Crippen molar-refractivity contribution in [1.29, 1.82) is 0 Å². The van der Waals surface area contributed by atoms with Crippen LogP contribution in [0.5, 0.6) is 0 Å². The Kier molecular flexibility index (Phi) is 46.1. The fourth-order valence-corrected chi connectivity index (χ4v) is 4.65. The highest BCUT2D eigenvalue weighted by molar-refractivity contribution is 7.81. The van der Waals surface area contributed by atoms with Crippen molar-refractivity contribution in [3.05, 3.63) is 0 Å². The molecule has 0 rings (SSSR count). The maximum Gasteiger partial charge on any atom is 0.407 e. The van der Waals surface area contributed by atoms with E-state index in [4.69, 9.17) is 66.7 Å². The number of thiol groups is 2. The van der Waals surface area contributed by atoms with E-state index in [0.717, 1.165) is 31.4 Å². The van der Waals surface area contributed by atoms with Gasteiger partial charge in [0.05, 0.1) is 165 Å². The number of unbranched alkanes of at least 4 members (excludes halogenated alkanes) is 1. The molecule has 2 N–H and O–H groups in total. The molecular weight excluding hydrogens is 727 g/mol. The number of ether oxygens (including phenoxy) is 13. The fourth-order valence-electron chi connectivity index (χ4n) is 3.82. The van der Waals surface area contributed by atoms with Gasteiger partial charge < -0.3 is 72.0 Å². The summed E-state index contributed by atoms with van der Waals surface area (Å²) in [5.41, 5.74) is 0. The molecule has 0 aromatic rings. The second-order valence-electron chi connectivity index (χ2n) is 10.8. The van der Waals surface area contributed by atoms with Crippen molar-refractivity contribution in [2.24, 2.45) is 0 Å². The van der Waals surface area contributed by atoms with E-state index in [1.165, 1.54) is 0 Å². The predicted octanol–water partition coefficient (Wildman–Crippen LogP) is 1.69. The second-order valence-corrected chi connectivity index (χ2v) is 12.0. The summed E-state index contributed by atoms with van der Waals surface area (Å²) in [5.74, 6) is 0.842. The van der Waals surface area contributed by atoms with Crippen LogP contribution in [0.25, 0.3) is 0 Å². The highest BCUT2D eigenvalue weighted by atomic mass is 32.1. The number of aliphatic hydroxyl groups excluding tert-OH is 1. The van der Waals surface area contributed by atoms with Crippen LogP contribution in [0, 0.1) is 0 Å². The Labute approximate surface area is 322 Å². The third-order valence-electron chi connectivity index (χ3n) is 6.48. The average molecular weight is 796 g/mol. The Balaban J connectivity index is 3.11. The van der Waals surface area contributed by atoms with Crippen molar-refractivity contribution in [3.63, 3.8) is 0 Å². The van der Waals surface area contributed by atoms with E-state index in [2.05, 4.69) is 30.6 Å². The molecule has 1 unspecified atom stereocenters. The largest absolute Gasteiger partial charge is 0.447 e. The molecule has 0 aromatic carbocycles. The van der Waals surface area contributed by atoms with Gasteiger partial charge in [-0.3, -0.25) is 0 Å². The summed E-state index contributed by atoms with van der Waals surface area (Å²) < 4.78 is 70.0. The molecule has 0 radical (unpaired) electrons. The van der Waals surface area contributed by atoms with E-state index < -0.39 is 6.09 Å². The third-order valence-corrected chi connectivity index (χ3v) is 7.26. The number of carbonyl (C=O) groups excluding carboxylic acids is 1. The summed E-state index contributed by atoms with van der Waals surface area (Å²) in [6.45, 7) is 12.0. The zero-order valence-corrected chi connectivity index (χ0v) is 33.1. The normalized spacial score (nSPS) is 12.1. The molecule has 0 spiro atoms. The molecule has 0 heterocycles. The van der Waals surface area contributed by atoms with Gasteiger partial charge in [0.15, 0.2) is 0 Å². The first-order valence-electron chi connectivity index (χ1n) is 18.4. The maximum absolute atomic E-state index is 11.6. The van der Waals surface area contributed by atoms with E-state index in [0.29, 0.717) is 170 Å². The van der Waals surface area contributed by atoms with Crippen molar-refractivity contribution in [2.45, 2.75) is 30.9 Å². The fraction of sp³-hybridized carbons (Fsp3) is 0.971. The van der Waals surface area contributed by atoms with Crippen molar-refractivity contribution < 1.29 is 71.5 Å². The Morgan fingerprint density at radius 1 is 0.442 bits per heavy atom. The Morgan fingerprint density at radius 2 is 0.731 bits per heavy atom. The van der Waals surface area contributed by atoms with Gasteiger partial charge in [-0.25, -0.2) is 4.79 Å². The Bertz CT molecular complexity index is 695. The third kappa shape index (κ3) is 45.6. The number of amides is 1. The van der Waals surface area contributed by atoms with Gasteiger partial charge in [0, 0.05) is 11.8 Å². The lowest BCUT2D eigenvalue weighted by atomic mass is 10.1. The van der Waals surface area contributed by atoms with Crippen LogP contribution in [0.1, 0.15) is 25.7 Å². The number of aliphatic hydroxyl groups is 1. The van der Waals surface area contributed by atoms with Crippen LogP contribution in [0.3, 0.4) is 0 Å². The second kappa shape index (κ2) is 46.6. The Morgan fingerprint density at radius 3 is 1.02 bits per heavy atom. The van der Waals surface area contributed by atoms with Gasteiger partial charge in [0.1, 0.15) is 6.61 Å². The molecule has 1 atom stereocenters. The molecule has 0 aliphatic heterocycles. The molecule has 312 valence electrons. The number of alkyl carbamates (subject to hydrolysis) is 1. The first-order valence-corrected chi connectivity index (χ1v) is 19.6. The zero-order chi connectivity index (χ0) is 37.7. The molecule has 52 heavy (non-hydrogen) atoms. The SMILES string of the molecule is O=C(NCCCCC(S)CCS)OCCOCCOCCOCCOCCOCCOCCOCCOCCOCCOCCOCCOCCO. The number of hydrogen-bond donors (Lipinski definition) is 4. The van der Waals surface area contributed by atoms with Crippen LogP contribution in [-0.4, -0.2) is 201 Å². The van der Waals surface area contributed by atoms with Crippen LogP contribution >= 0.6 is 25.3 Å². The molecule has 16 nitrogen and oxygen atoms in total.